The maximum Gasteiger partial charge on any atom is 0.0242 e. The van der Waals surface area contributed by atoms with Crippen molar-refractivity contribution in [2.45, 2.75) is 33.4 Å². The van der Waals surface area contributed by atoms with Crippen molar-refractivity contribution in [3.8, 4) is 12.3 Å². The van der Waals surface area contributed by atoms with Gasteiger partial charge in [0.1, 0.15) is 0 Å². The highest BCUT2D eigenvalue weighted by Gasteiger charge is 1.76. The monoisotopic (exact) mass is 206 g/mol. The SMILES string of the molecule is C#Cc1ccccc1.CC.CC[SiH2]C. The molecule has 0 aliphatic rings. The first-order valence-corrected chi connectivity index (χ1v) is 7.78. The van der Waals surface area contributed by atoms with Crippen LogP contribution in [0.15, 0.2) is 30.3 Å². The van der Waals surface area contributed by atoms with Gasteiger partial charge in [-0.3, -0.25) is 0 Å². The van der Waals surface area contributed by atoms with Crippen LogP contribution in [0.3, 0.4) is 0 Å². The van der Waals surface area contributed by atoms with Crippen molar-refractivity contribution in [3.63, 3.8) is 0 Å². The number of terminal acetylenes is 1. The molecule has 1 aromatic carbocycles. The fourth-order valence-electron chi connectivity index (χ4n) is 0.534. The Balaban J connectivity index is 0. The predicted octanol–water partition coefficient (Wildman–Crippen LogP) is 3.34. The lowest BCUT2D eigenvalue weighted by Crippen LogP contribution is -1.67. The van der Waals surface area contributed by atoms with Gasteiger partial charge in [-0.1, -0.05) is 57.5 Å². The van der Waals surface area contributed by atoms with Crippen molar-refractivity contribution >= 4 is 9.52 Å². The summed E-state index contributed by atoms with van der Waals surface area (Å²) in [6.45, 7) is 8.56. The zero-order chi connectivity index (χ0) is 11.2. The van der Waals surface area contributed by atoms with Gasteiger partial charge in [-0.2, -0.15) is 0 Å². The number of benzene rings is 1. The van der Waals surface area contributed by atoms with Crippen molar-refractivity contribution in [3.05, 3.63) is 35.9 Å². The number of hydrogen-bond acceptors (Lipinski definition) is 0. The van der Waals surface area contributed by atoms with Crippen LogP contribution in [0.4, 0.5) is 0 Å². The fraction of sp³-hybridized carbons (Fsp3) is 0.385. The van der Waals surface area contributed by atoms with E-state index in [9.17, 15) is 0 Å². The standard InChI is InChI=1S/C8H6.C3H10Si.C2H6/c1-2-8-6-4-3-5-7-8;1-3-4-2;1-2/h1,3-7H;3-4H2,1-2H3;1-2H3. The second-order valence-electron chi connectivity index (χ2n) is 2.51. The highest BCUT2D eigenvalue weighted by atomic mass is 28.2. The van der Waals surface area contributed by atoms with Crippen molar-refractivity contribution in [2.24, 2.45) is 0 Å². The average molecular weight is 206 g/mol. The van der Waals surface area contributed by atoms with Crippen LogP contribution < -0.4 is 0 Å². The second kappa shape index (κ2) is 14.5. The van der Waals surface area contributed by atoms with E-state index in [1.54, 1.807) is 0 Å². The molecule has 0 spiro atoms. The van der Waals surface area contributed by atoms with E-state index in [0.717, 1.165) is 5.56 Å². The van der Waals surface area contributed by atoms with Crippen LogP contribution in [0.5, 0.6) is 0 Å². The van der Waals surface area contributed by atoms with Gasteiger partial charge in [0.25, 0.3) is 0 Å². The molecule has 0 radical (unpaired) electrons. The third kappa shape index (κ3) is 11.0. The molecule has 14 heavy (non-hydrogen) atoms. The van der Waals surface area contributed by atoms with Gasteiger partial charge in [0, 0.05) is 15.1 Å². The van der Waals surface area contributed by atoms with Crippen LogP contribution in [-0.4, -0.2) is 9.52 Å². The molecule has 0 saturated heterocycles. The molecule has 0 nitrogen and oxygen atoms in total. The molecule has 0 fully saturated rings. The summed E-state index contributed by atoms with van der Waals surface area (Å²) in [6, 6.07) is 11.1. The Morgan fingerprint density at radius 2 is 1.64 bits per heavy atom. The van der Waals surface area contributed by atoms with Crippen molar-refractivity contribution in [1.29, 1.82) is 0 Å². The Kier molecular flexibility index (Phi) is 16.0. The van der Waals surface area contributed by atoms with Crippen LogP contribution >= 0.6 is 0 Å². The topological polar surface area (TPSA) is 0 Å². The highest BCUT2D eigenvalue weighted by molar-refractivity contribution is 6.33. The van der Waals surface area contributed by atoms with Crippen LogP contribution in [0, 0.1) is 12.3 Å². The Bertz CT molecular complexity index is 219. The maximum atomic E-state index is 5.10. The smallest absolute Gasteiger partial charge is 0.0242 e. The lowest BCUT2D eigenvalue weighted by molar-refractivity contribution is 1.45. The molecule has 0 heterocycles. The van der Waals surface area contributed by atoms with Crippen molar-refractivity contribution < 1.29 is 0 Å². The van der Waals surface area contributed by atoms with E-state index >= 15 is 0 Å². The van der Waals surface area contributed by atoms with E-state index < -0.39 is 0 Å². The summed E-state index contributed by atoms with van der Waals surface area (Å²) < 4.78 is 0. The molecule has 0 amide bonds. The number of rotatable bonds is 1. The van der Waals surface area contributed by atoms with Crippen molar-refractivity contribution in [1.82, 2.24) is 0 Å². The lowest BCUT2D eigenvalue weighted by Gasteiger charge is -1.82. The third-order valence-electron chi connectivity index (χ3n) is 1.44. The van der Waals surface area contributed by atoms with E-state index in [1.807, 2.05) is 44.2 Å². The normalized spacial score (nSPS) is 7.93. The average Bonchev–Trinajstić information content (AvgIpc) is 2.33. The summed E-state index contributed by atoms with van der Waals surface area (Å²) >= 11 is 0. The molecule has 0 aliphatic heterocycles. The highest BCUT2D eigenvalue weighted by Crippen LogP contribution is 1.92. The summed E-state index contributed by atoms with van der Waals surface area (Å²) in [7, 11) is 0.424. The van der Waals surface area contributed by atoms with Crippen LogP contribution in [-0.2, 0) is 0 Å². The molecule has 0 unspecified atom stereocenters. The summed E-state index contributed by atoms with van der Waals surface area (Å²) in [5, 5.41) is 0. The van der Waals surface area contributed by atoms with E-state index in [-0.39, 0.29) is 0 Å². The zero-order valence-corrected chi connectivity index (χ0v) is 11.3. The fourth-order valence-corrected chi connectivity index (χ4v) is 0.534. The van der Waals surface area contributed by atoms with Gasteiger partial charge in [0.2, 0.25) is 0 Å². The molecule has 0 saturated carbocycles. The Labute approximate surface area is 91.6 Å². The van der Waals surface area contributed by atoms with Gasteiger partial charge in [-0.05, 0) is 12.1 Å². The van der Waals surface area contributed by atoms with Crippen LogP contribution in [0.2, 0.25) is 12.6 Å². The Hall–Kier alpha value is -1.00. The van der Waals surface area contributed by atoms with E-state index in [1.165, 1.54) is 6.04 Å². The van der Waals surface area contributed by atoms with E-state index in [4.69, 9.17) is 6.42 Å². The Morgan fingerprint density at radius 1 is 1.21 bits per heavy atom. The van der Waals surface area contributed by atoms with Gasteiger partial charge >= 0.3 is 0 Å². The van der Waals surface area contributed by atoms with Crippen LogP contribution in [0.1, 0.15) is 26.3 Å². The molecule has 1 rings (SSSR count). The van der Waals surface area contributed by atoms with Crippen LogP contribution in [0.25, 0.3) is 0 Å². The predicted molar refractivity (Wildman–Crippen MR) is 70.6 cm³/mol. The summed E-state index contributed by atoms with van der Waals surface area (Å²) in [5.41, 5.74) is 0.938. The molecule has 0 N–H and O–H groups in total. The molecule has 1 heteroatoms. The molecular weight excluding hydrogens is 184 g/mol. The number of hydrogen-bond donors (Lipinski definition) is 0. The minimum Gasteiger partial charge on any atom is -0.115 e. The molecule has 0 aromatic heterocycles. The molecule has 0 aliphatic carbocycles. The molecule has 0 bridgehead atoms. The third-order valence-corrected chi connectivity index (χ3v) is 2.44. The molecule has 1 aromatic rings. The van der Waals surface area contributed by atoms with Gasteiger partial charge in [0.05, 0.1) is 0 Å². The van der Waals surface area contributed by atoms with Gasteiger partial charge < -0.3 is 0 Å². The summed E-state index contributed by atoms with van der Waals surface area (Å²) in [6.07, 6.45) is 5.10. The molecular formula is C13H22Si. The van der Waals surface area contributed by atoms with Gasteiger partial charge in [-0.25, -0.2) is 0 Å². The van der Waals surface area contributed by atoms with E-state index in [2.05, 4.69) is 19.4 Å². The molecule has 0 atom stereocenters. The first-order valence-electron chi connectivity index (χ1n) is 5.36. The first kappa shape index (κ1) is 15.5. The van der Waals surface area contributed by atoms with Crippen molar-refractivity contribution in [2.75, 3.05) is 0 Å². The van der Waals surface area contributed by atoms with Gasteiger partial charge in [-0.15, -0.1) is 6.42 Å². The first-order chi connectivity index (χ1) is 6.85. The lowest BCUT2D eigenvalue weighted by atomic mass is 10.2. The summed E-state index contributed by atoms with van der Waals surface area (Å²) in [5.74, 6) is 2.53. The quantitative estimate of drug-likeness (QED) is 0.488. The zero-order valence-electron chi connectivity index (χ0n) is 9.88. The second-order valence-corrected chi connectivity index (χ2v) is 4.51. The molecule has 78 valence electrons. The minimum atomic E-state index is 0.424. The van der Waals surface area contributed by atoms with Gasteiger partial charge in [0.15, 0.2) is 0 Å². The summed E-state index contributed by atoms with van der Waals surface area (Å²) in [4.78, 5) is 0. The largest absolute Gasteiger partial charge is 0.115 e. The van der Waals surface area contributed by atoms with E-state index in [0.29, 0.717) is 9.52 Å². The Morgan fingerprint density at radius 3 is 1.86 bits per heavy atom. The minimum absolute atomic E-state index is 0.424. The maximum absolute atomic E-state index is 5.10.